The van der Waals surface area contributed by atoms with Gasteiger partial charge in [-0.25, -0.2) is 4.79 Å². The number of carbonyl (C=O) groups excluding carboxylic acids is 1. The summed E-state index contributed by atoms with van der Waals surface area (Å²) >= 11 is 13.0. The summed E-state index contributed by atoms with van der Waals surface area (Å²) in [5.41, 5.74) is 2.06. The van der Waals surface area contributed by atoms with E-state index in [1.165, 1.54) is 11.3 Å². The van der Waals surface area contributed by atoms with Crippen molar-refractivity contribution >= 4 is 64.7 Å². The maximum absolute atomic E-state index is 12.0. The average molecular weight is 375 g/mol. The van der Waals surface area contributed by atoms with Gasteiger partial charge in [0.05, 0.1) is 10.0 Å². The molecule has 2 radical (unpaired) electrons. The number of rotatable bonds is 3. The normalized spacial score (nSPS) is 10.4. The molecule has 0 aliphatic heterocycles. The molecule has 1 heterocycles. The minimum Gasteiger partial charge on any atom is -0.308 e. The number of carbonyl (C=O) groups is 1. The van der Waals surface area contributed by atoms with Crippen LogP contribution < -0.4 is 16.1 Å². The molecule has 0 saturated carbocycles. The van der Waals surface area contributed by atoms with Crippen LogP contribution in [0.2, 0.25) is 10.0 Å². The van der Waals surface area contributed by atoms with Crippen LogP contribution in [0.5, 0.6) is 0 Å². The average Bonchev–Trinajstić information content (AvgIpc) is 3.00. The maximum Gasteiger partial charge on any atom is 0.325 e. The van der Waals surface area contributed by atoms with Gasteiger partial charge in [0.1, 0.15) is 12.9 Å². The van der Waals surface area contributed by atoms with Crippen LogP contribution in [0.3, 0.4) is 0 Å². The van der Waals surface area contributed by atoms with Gasteiger partial charge >= 0.3 is 6.03 Å². The third-order valence-corrected chi connectivity index (χ3v) is 4.61. The Morgan fingerprint density at radius 3 is 2.46 bits per heavy atom. The summed E-state index contributed by atoms with van der Waals surface area (Å²) in [5.74, 6) is 0. The van der Waals surface area contributed by atoms with E-state index in [1.807, 2.05) is 12.1 Å². The Labute approximate surface area is 153 Å². The summed E-state index contributed by atoms with van der Waals surface area (Å²) in [6, 6.07) is 11.6. The van der Waals surface area contributed by atoms with Crippen molar-refractivity contribution in [3.8, 4) is 10.6 Å². The fraction of sp³-hybridized carbons (Fsp3) is 0. The van der Waals surface area contributed by atoms with Gasteiger partial charge in [-0.1, -0.05) is 64.3 Å². The summed E-state index contributed by atoms with van der Waals surface area (Å²) in [7, 11) is 5.65. The van der Waals surface area contributed by atoms with Gasteiger partial charge in [0.15, 0.2) is 0 Å². The van der Waals surface area contributed by atoms with Crippen molar-refractivity contribution in [2.75, 3.05) is 10.6 Å². The highest BCUT2D eigenvalue weighted by molar-refractivity contribution is 7.18. The number of anilines is 2. The van der Waals surface area contributed by atoms with E-state index >= 15 is 0 Å². The molecule has 0 unspecified atom stereocenters. The Bertz CT molecular complexity index is 885. The Balaban J connectivity index is 1.66. The lowest BCUT2D eigenvalue weighted by atomic mass is 9.95. The Morgan fingerprint density at radius 2 is 1.75 bits per heavy atom. The number of aromatic nitrogens is 2. The molecule has 3 rings (SSSR count). The molecule has 0 saturated heterocycles. The van der Waals surface area contributed by atoms with Gasteiger partial charge in [-0.3, -0.25) is 5.32 Å². The highest BCUT2D eigenvalue weighted by atomic mass is 35.5. The second kappa shape index (κ2) is 7.21. The first-order chi connectivity index (χ1) is 11.5. The van der Waals surface area contributed by atoms with E-state index in [0.29, 0.717) is 31.3 Å². The summed E-state index contributed by atoms with van der Waals surface area (Å²) in [6.45, 7) is 0. The summed E-state index contributed by atoms with van der Waals surface area (Å²) in [6.07, 6.45) is 0. The summed E-state index contributed by atoms with van der Waals surface area (Å²) < 4.78 is 0. The molecule has 9 heteroatoms. The van der Waals surface area contributed by atoms with E-state index < -0.39 is 6.03 Å². The lowest BCUT2D eigenvalue weighted by Crippen LogP contribution is -2.19. The molecule has 1 aromatic heterocycles. The third kappa shape index (κ3) is 4.06. The first-order valence-corrected chi connectivity index (χ1v) is 8.31. The molecule has 0 aliphatic rings. The first kappa shape index (κ1) is 16.8. The number of nitrogens with zero attached hydrogens (tertiary/aromatic N) is 2. The zero-order valence-corrected chi connectivity index (χ0v) is 14.4. The van der Waals surface area contributed by atoms with Crippen LogP contribution in [0.4, 0.5) is 15.6 Å². The molecular weight excluding hydrogens is 366 g/mol. The van der Waals surface area contributed by atoms with E-state index in [2.05, 4.69) is 20.8 Å². The Morgan fingerprint density at radius 1 is 1.00 bits per heavy atom. The minimum absolute atomic E-state index is 0.357. The molecule has 0 spiro atoms. The van der Waals surface area contributed by atoms with Crippen molar-refractivity contribution in [2.24, 2.45) is 0 Å². The van der Waals surface area contributed by atoms with Crippen molar-refractivity contribution in [1.82, 2.24) is 10.2 Å². The minimum atomic E-state index is -0.451. The van der Waals surface area contributed by atoms with Crippen LogP contribution in [-0.2, 0) is 0 Å². The monoisotopic (exact) mass is 374 g/mol. The number of hydrogen-bond donors (Lipinski definition) is 2. The summed E-state index contributed by atoms with van der Waals surface area (Å²) in [4.78, 5) is 12.0. The molecule has 0 bridgehead atoms. The molecule has 2 amide bonds. The molecule has 0 fully saturated rings. The standard InChI is InChI=1S/C15H9BCl2N4OS/c16-9-3-1-8(2-4-9)13-21-22-15(24-13)20-14(23)19-10-5-6-11(17)12(18)7-10/h1-7H,(H2,19,20,22,23). The topological polar surface area (TPSA) is 66.9 Å². The molecular formula is C15H9BCl2N4OS. The van der Waals surface area contributed by atoms with Crippen molar-refractivity contribution < 1.29 is 4.79 Å². The number of benzene rings is 2. The fourth-order valence-electron chi connectivity index (χ4n) is 1.85. The van der Waals surface area contributed by atoms with Crippen LogP contribution in [0.15, 0.2) is 42.5 Å². The quantitative estimate of drug-likeness (QED) is 0.682. The van der Waals surface area contributed by atoms with E-state index in [4.69, 9.17) is 31.0 Å². The van der Waals surface area contributed by atoms with Crippen LogP contribution in [0, 0.1) is 0 Å². The number of nitrogens with one attached hydrogen (secondary N) is 2. The van der Waals surface area contributed by atoms with Crippen LogP contribution >= 0.6 is 34.5 Å². The van der Waals surface area contributed by atoms with Gasteiger partial charge in [0.25, 0.3) is 0 Å². The number of urea groups is 1. The molecule has 0 atom stereocenters. The van der Waals surface area contributed by atoms with E-state index in [1.54, 1.807) is 30.3 Å². The van der Waals surface area contributed by atoms with Crippen molar-refractivity contribution in [3.05, 3.63) is 52.5 Å². The largest absolute Gasteiger partial charge is 0.325 e. The van der Waals surface area contributed by atoms with Gasteiger partial charge < -0.3 is 5.32 Å². The van der Waals surface area contributed by atoms with E-state index in [-0.39, 0.29) is 0 Å². The first-order valence-electron chi connectivity index (χ1n) is 6.74. The van der Waals surface area contributed by atoms with Gasteiger partial charge in [0, 0.05) is 11.3 Å². The van der Waals surface area contributed by atoms with E-state index in [9.17, 15) is 4.79 Å². The summed E-state index contributed by atoms with van der Waals surface area (Å²) in [5, 5.41) is 15.1. The van der Waals surface area contributed by atoms with Crippen LogP contribution in [-0.4, -0.2) is 24.1 Å². The predicted molar refractivity (Wildman–Crippen MR) is 99.8 cm³/mol. The Kier molecular flexibility index (Phi) is 5.04. The van der Waals surface area contributed by atoms with Gasteiger partial charge in [0.2, 0.25) is 5.13 Å². The Hall–Kier alpha value is -2.09. The van der Waals surface area contributed by atoms with Gasteiger partial charge in [-0.05, 0) is 18.2 Å². The number of hydrogen-bond acceptors (Lipinski definition) is 4. The lowest BCUT2D eigenvalue weighted by molar-refractivity contribution is 0.262. The van der Waals surface area contributed by atoms with Crippen molar-refractivity contribution in [2.45, 2.75) is 0 Å². The molecule has 2 aromatic carbocycles. The smallest absolute Gasteiger partial charge is 0.308 e. The number of amides is 2. The second-order valence-electron chi connectivity index (χ2n) is 4.74. The van der Waals surface area contributed by atoms with Gasteiger partial charge in [-0.15, -0.1) is 10.2 Å². The lowest BCUT2D eigenvalue weighted by Gasteiger charge is -2.06. The highest BCUT2D eigenvalue weighted by Crippen LogP contribution is 2.27. The van der Waals surface area contributed by atoms with Crippen molar-refractivity contribution in [1.29, 1.82) is 0 Å². The molecule has 5 nitrogen and oxygen atoms in total. The molecule has 118 valence electrons. The van der Waals surface area contributed by atoms with Gasteiger partial charge in [-0.2, -0.15) is 0 Å². The fourth-order valence-corrected chi connectivity index (χ4v) is 2.89. The third-order valence-electron chi connectivity index (χ3n) is 2.98. The zero-order chi connectivity index (χ0) is 17.1. The molecule has 2 N–H and O–H groups in total. The van der Waals surface area contributed by atoms with Crippen LogP contribution in [0.1, 0.15) is 0 Å². The van der Waals surface area contributed by atoms with E-state index in [0.717, 1.165) is 5.56 Å². The molecule has 3 aromatic rings. The number of halogens is 2. The van der Waals surface area contributed by atoms with Crippen LogP contribution in [0.25, 0.3) is 10.6 Å². The SMILES string of the molecule is [B]c1ccc(-c2nnc(NC(=O)Nc3ccc(Cl)c(Cl)c3)s2)cc1. The van der Waals surface area contributed by atoms with Crippen molar-refractivity contribution in [3.63, 3.8) is 0 Å². The highest BCUT2D eigenvalue weighted by Gasteiger charge is 2.10. The molecule has 24 heavy (non-hydrogen) atoms. The second-order valence-corrected chi connectivity index (χ2v) is 6.53. The predicted octanol–water partition coefficient (Wildman–Crippen LogP) is 3.95. The molecule has 0 aliphatic carbocycles. The maximum atomic E-state index is 12.0. The zero-order valence-electron chi connectivity index (χ0n) is 12.1.